The number of likely N-dealkylation sites (tertiary alicyclic amines) is 1. The minimum Gasteiger partial charge on any atom is -0.459 e. The lowest BCUT2D eigenvalue weighted by atomic mass is 10.0. The molecule has 3 rings (SSSR count). The average Bonchev–Trinajstić information content (AvgIpc) is 2.75. The first-order chi connectivity index (χ1) is 15.2. The van der Waals surface area contributed by atoms with Gasteiger partial charge in [0, 0.05) is 31.2 Å². The van der Waals surface area contributed by atoms with Crippen LogP contribution in [0.25, 0.3) is 0 Å². The molecule has 0 spiro atoms. The second-order valence-corrected chi connectivity index (χ2v) is 8.97. The lowest BCUT2D eigenvalue weighted by molar-refractivity contribution is 0.0377. The number of nitrogens with one attached hydrogen (secondary N) is 1. The number of amides is 1. The summed E-state index contributed by atoms with van der Waals surface area (Å²) in [6.45, 7) is 8.41. The third kappa shape index (κ3) is 6.53. The summed E-state index contributed by atoms with van der Waals surface area (Å²) >= 11 is 5.78. The van der Waals surface area contributed by atoms with Crippen LogP contribution in [0.2, 0.25) is 5.02 Å². The quantitative estimate of drug-likeness (QED) is 0.603. The van der Waals surface area contributed by atoms with Crippen molar-refractivity contribution in [3.05, 3.63) is 69.5 Å². The minimum atomic E-state index is -0.531. The highest BCUT2D eigenvalue weighted by Gasteiger charge is 2.21. The second kappa shape index (κ2) is 10.9. The van der Waals surface area contributed by atoms with Crippen LogP contribution in [-0.4, -0.2) is 48.6 Å². The van der Waals surface area contributed by atoms with Crippen LogP contribution >= 0.6 is 11.6 Å². The first kappa shape index (κ1) is 24.2. The van der Waals surface area contributed by atoms with E-state index in [0.29, 0.717) is 11.1 Å². The van der Waals surface area contributed by atoms with E-state index in [1.165, 1.54) is 23.8 Å². The zero-order valence-electron chi connectivity index (χ0n) is 18.8. The van der Waals surface area contributed by atoms with Gasteiger partial charge in [-0.15, -0.1) is 0 Å². The number of benzene rings is 2. The molecule has 0 radical (unpaired) electrons. The molecule has 0 aliphatic carbocycles. The van der Waals surface area contributed by atoms with Crippen molar-refractivity contribution in [2.75, 3.05) is 19.6 Å². The topological polar surface area (TPSA) is 58.6 Å². The molecule has 0 unspecified atom stereocenters. The summed E-state index contributed by atoms with van der Waals surface area (Å²) in [4.78, 5) is 26.9. The number of nitrogens with zero attached hydrogens (tertiary/aromatic N) is 1. The minimum absolute atomic E-state index is 0.0485. The number of esters is 1. The Kier molecular flexibility index (Phi) is 8.26. The molecule has 1 heterocycles. The van der Waals surface area contributed by atoms with Gasteiger partial charge in [0.1, 0.15) is 5.82 Å². The van der Waals surface area contributed by atoms with Crippen molar-refractivity contribution in [3.63, 3.8) is 0 Å². The van der Waals surface area contributed by atoms with Crippen LogP contribution in [0.15, 0.2) is 36.4 Å². The van der Waals surface area contributed by atoms with Crippen molar-refractivity contribution < 1.29 is 18.7 Å². The van der Waals surface area contributed by atoms with Crippen LogP contribution < -0.4 is 5.32 Å². The summed E-state index contributed by atoms with van der Waals surface area (Å²) in [5.41, 5.74) is 3.26. The fourth-order valence-electron chi connectivity index (χ4n) is 3.87. The van der Waals surface area contributed by atoms with Gasteiger partial charge in [-0.05, 0) is 81.5 Å². The number of carbonyl (C=O) groups excluding carboxylic acids is 2. The SMILES string of the molecule is Cc1cc(C(=O)OC(C)C)ccc1CCN1CCC(NC(=O)c2ccc(F)c(Cl)c2)CC1. The maximum absolute atomic E-state index is 13.3. The van der Waals surface area contributed by atoms with E-state index in [1.54, 1.807) is 0 Å². The van der Waals surface area contributed by atoms with Gasteiger partial charge in [0.2, 0.25) is 0 Å². The molecule has 7 heteroatoms. The van der Waals surface area contributed by atoms with Crippen molar-refractivity contribution in [1.29, 1.82) is 0 Å². The summed E-state index contributed by atoms with van der Waals surface area (Å²) in [6, 6.07) is 9.84. The first-order valence-corrected chi connectivity index (χ1v) is 11.4. The first-order valence-electron chi connectivity index (χ1n) is 11.0. The van der Waals surface area contributed by atoms with Crippen LogP contribution in [0.1, 0.15) is 58.5 Å². The molecule has 0 aromatic heterocycles. The van der Waals surface area contributed by atoms with Crippen molar-refractivity contribution >= 4 is 23.5 Å². The molecule has 1 aliphatic rings. The Morgan fingerprint density at radius 3 is 2.47 bits per heavy atom. The predicted octanol–water partition coefficient (Wildman–Crippen LogP) is 4.79. The van der Waals surface area contributed by atoms with E-state index in [4.69, 9.17) is 16.3 Å². The summed E-state index contributed by atoms with van der Waals surface area (Å²) < 4.78 is 18.6. The molecule has 2 aromatic carbocycles. The highest BCUT2D eigenvalue weighted by molar-refractivity contribution is 6.31. The molecule has 0 saturated carbocycles. The van der Waals surface area contributed by atoms with Gasteiger partial charge < -0.3 is 15.0 Å². The third-order valence-corrected chi connectivity index (χ3v) is 6.01. The van der Waals surface area contributed by atoms with Crippen molar-refractivity contribution in [2.45, 2.75) is 52.2 Å². The lowest BCUT2D eigenvalue weighted by Gasteiger charge is -2.32. The summed E-state index contributed by atoms with van der Waals surface area (Å²) in [7, 11) is 0. The van der Waals surface area contributed by atoms with Gasteiger partial charge in [-0.3, -0.25) is 4.79 Å². The van der Waals surface area contributed by atoms with Gasteiger partial charge in [0.05, 0.1) is 16.7 Å². The van der Waals surface area contributed by atoms with Gasteiger partial charge in [0.25, 0.3) is 5.91 Å². The number of carbonyl (C=O) groups is 2. The highest BCUT2D eigenvalue weighted by Crippen LogP contribution is 2.18. The Morgan fingerprint density at radius 1 is 1.16 bits per heavy atom. The largest absolute Gasteiger partial charge is 0.459 e. The molecular weight excluding hydrogens is 431 g/mol. The van der Waals surface area contributed by atoms with Crippen molar-refractivity contribution in [1.82, 2.24) is 10.2 Å². The van der Waals surface area contributed by atoms with Crippen LogP contribution in [0.5, 0.6) is 0 Å². The molecule has 2 aromatic rings. The van der Waals surface area contributed by atoms with Crippen LogP contribution in [-0.2, 0) is 11.2 Å². The molecule has 0 bridgehead atoms. The normalized spacial score (nSPS) is 15.1. The molecule has 1 aliphatic heterocycles. The summed E-state index contributed by atoms with van der Waals surface area (Å²) in [5, 5.41) is 2.98. The van der Waals surface area contributed by atoms with Gasteiger partial charge >= 0.3 is 5.97 Å². The molecule has 1 amide bonds. The molecule has 1 saturated heterocycles. The highest BCUT2D eigenvalue weighted by atomic mass is 35.5. The fourth-order valence-corrected chi connectivity index (χ4v) is 4.05. The predicted molar refractivity (Wildman–Crippen MR) is 124 cm³/mol. The van der Waals surface area contributed by atoms with E-state index < -0.39 is 5.82 Å². The molecule has 0 atom stereocenters. The van der Waals surface area contributed by atoms with Crippen LogP contribution in [0.4, 0.5) is 4.39 Å². The van der Waals surface area contributed by atoms with Gasteiger partial charge in [-0.2, -0.15) is 0 Å². The van der Waals surface area contributed by atoms with E-state index >= 15 is 0 Å². The van der Waals surface area contributed by atoms with Gasteiger partial charge in [0.15, 0.2) is 0 Å². The Bertz CT molecular complexity index is 972. The fraction of sp³-hybridized carbons (Fsp3) is 0.440. The number of piperidine rings is 1. The lowest BCUT2D eigenvalue weighted by Crippen LogP contribution is -2.45. The number of halogens is 2. The van der Waals surface area contributed by atoms with Gasteiger partial charge in [-0.25, -0.2) is 9.18 Å². The molecule has 32 heavy (non-hydrogen) atoms. The smallest absolute Gasteiger partial charge is 0.338 e. The standard InChI is InChI=1S/C25H30ClFN2O3/c1-16(2)32-25(31)20-5-4-18(17(3)14-20)8-11-29-12-9-21(10-13-29)28-24(30)19-6-7-23(27)22(26)15-19/h4-7,14-16,21H,8-13H2,1-3H3,(H,28,30). The maximum atomic E-state index is 13.3. The number of aryl methyl sites for hydroxylation is 1. The third-order valence-electron chi connectivity index (χ3n) is 5.72. The van der Waals surface area contributed by atoms with E-state index in [9.17, 15) is 14.0 Å². The molecule has 172 valence electrons. The zero-order chi connectivity index (χ0) is 23.3. The number of hydrogen-bond acceptors (Lipinski definition) is 4. The number of hydrogen-bond donors (Lipinski definition) is 1. The van der Waals surface area contributed by atoms with E-state index in [1.807, 2.05) is 39.0 Å². The van der Waals surface area contributed by atoms with Crippen molar-refractivity contribution in [3.8, 4) is 0 Å². The molecule has 1 N–H and O–H groups in total. The maximum Gasteiger partial charge on any atom is 0.338 e. The molecule has 5 nitrogen and oxygen atoms in total. The second-order valence-electron chi connectivity index (χ2n) is 8.56. The van der Waals surface area contributed by atoms with E-state index in [-0.39, 0.29) is 29.0 Å². The Labute approximate surface area is 193 Å². The molecule has 1 fully saturated rings. The zero-order valence-corrected chi connectivity index (χ0v) is 19.5. The van der Waals surface area contributed by atoms with Crippen molar-refractivity contribution in [2.24, 2.45) is 0 Å². The summed E-state index contributed by atoms with van der Waals surface area (Å²) in [6.07, 6.45) is 2.49. The van der Waals surface area contributed by atoms with E-state index in [0.717, 1.165) is 44.5 Å². The Morgan fingerprint density at radius 2 is 1.84 bits per heavy atom. The van der Waals surface area contributed by atoms with Crippen LogP contribution in [0.3, 0.4) is 0 Å². The van der Waals surface area contributed by atoms with Crippen LogP contribution in [0, 0.1) is 12.7 Å². The summed E-state index contributed by atoms with van der Waals surface area (Å²) in [5.74, 6) is -1.05. The average molecular weight is 461 g/mol. The van der Waals surface area contributed by atoms with E-state index in [2.05, 4.69) is 10.2 Å². The Balaban J connectivity index is 1.45. The number of rotatable bonds is 7. The molecular formula is C25H30ClFN2O3. The number of ether oxygens (including phenoxy) is 1. The monoisotopic (exact) mass is 460 g/mol. The van der Waals surface area contributed by atoms with Gasteiger partial charge in [-0.1, -0.05) is 17.7 Å². The Hall–Kier alpha value is -2.44.